The van der Waals surface area contributed by atoms with E-state index in [0.29, 0.717) is 30.0 Å². The van der Waals surface area contributed by atoms with Gasteiger partial charge in [-0.25, -0.2) is 0 Å². The highest BCUT2D eigenvalue weighted by molar-refractivity contribution is 6.31. The summed E-state index contributed by atoms with van der Waals surface area (Å²) in [7, 11) is 0. The smallest absolute Gasteiger partial charge is 0.220 e. The Hall–Kier alpha value is -1.59. The second-order valence-electron chi connectivity index (χ2n) is 4.65. The number of carbonyl (C=O) groups excluding carboxylic acids is 2. The summed E-state index contributed by atoms with van der Waals surface area (Å²) in [5.41, 5.74) is 0.585. The Balaban J connectivity index is 2.27. The van der Waals surface area contributed by atoms with Gasteiger partial charge in [0.2, 0.25) is 11.8 Å². The number of aliphatic hydroxyl groups excluding tert-OH is 1. The van der Waals surface area contributed by atoms with Crippen LogP contribution >= 0.6 is 11.6 Å². The highest BCUT2D eigenvalue weighted by Gasteiger charge is 2.12. The van der Waals surface area contributed by atoms with Crippen molar-refractivity contribution in [2.24, 2.45) is 0 Å². The normalized spacial score (nSPS) is 11.8. The molecule has 1 aromatic rings. The molecular formula is C15H21ClN2O3. The van der Waals surface area contributed by atoms with Crippen LogP contribution in [0.2, 0.25) is 5.02 Å². The molecule has 0 fully saturated rings. The predicted octanol–water partition coefficient (Wildman–Crippen LogP) is 1.80. The average molecular weight is 313 g/mol. The van der Waals surface area contributed by atoms with Gasteiger partial charge in [0.15, 0.2) is 0 Å². The summed E-state index contributed by atoms with van der Waals surface area (Å²) in [6, 6.07) is 6.96. The van der Waals surface area contributed by atoms with Crippen molar-refractivity contribution in [3.05, 3.63) is 34.9 Å². The van der Waals surface area contributed by atoms with Gasteiger partial charge in [0, 0.05) is 36.5 Å². The first kappa shape index (κ1) is 17.5. The van der Waals surface area contributed by atoms with Gasteiger partial charge in [-0.2, -0.15) is 0 Å². The van der Waals surface area contributed by atoms with E-state index in [1.54, 1.807) is 24.3 Å². The Labute approximate surface area is 129 Å². The van der Waals surface area contributed by atoms with E-state index >= 15 is 0 Å². The fourth-order valence-corrected chi connectivity index (χ4v) is 2.11. The summed E-state index contributed by atoms with van der Waals surface area (Å²) < 4.78 is 0. The second kappa shape index (κ2) is 9.37. The van der Waals surface area contributed by atoms with E-state index in [-0.39, 0.29) is 24.8 Å². The van der Waals surface area contributed by atoms with Crippen LogP contribution < -0.4 is 10.6 Å². The minimum absolute atomic E-state index is 0.0543. The third-order valence-electron chi connectivity index (χ3n) is 2.94. The zero-order valence-corrected chi connectivity index (χ0v) is 12.8. The second-order valence-corrected chi connectivity index (χ2v) is 5.06. The number of benzene rings is 1. The van der Waals surface area contributed by atoms with Gasteiger partial charge in [-0.05, 0) is 19.4 Å². The Morgan fingerprint density at radius 3 is 2.43 bits per heavy atom. The summed E-state index contributed by atoms with van der Waals surface area (Å²) >= 11 is 5.97. The maximum atomic E-state index is 11.6. The van der Waals surface area contributed by atoms with Gasteiger partial charge < -0.3 is 15.7 Å². The lowest BCUT2D eigenvalue weighted by molar-refractivity contribution is -0.122. The van der Waals surface area contributed by atoms with Crippen molar-refractivity contribution in [1.82, 2.24) is 10.6 Å². The van der Waals surface area contributed by atoms with E-state index in [9.17, 15) is 14.7 Å². The molecule has 116 valence electrons. The van der Waals surface area contributed by atoms with E-state index in [2.05, 4.69) is 10.6 Å². The first-order chi connectivity index (χ1) is 10.0. The third-order valence-corrected chi connectivity index (χ3v) is 3.28. The topological polar surface area (TPSA) is 78.4 Å². The molecule has 0 saturated heterocycles. The van der Waals surface area contributed by atoms with Gasteiger partial charge in [0.25, 0.3) is 0 Å². The molecule has 0 heterocycles. The first-order valence-corrected chi connectivity index (χ1v) is 7.38. The molecule has 2 amide bonds. The van der Waals surface area contributed by atoms with Crippen molar-refractivity contribution in [2.75, 3.05) is 13.1 Å². The Morgan fingerprint density at radius 1 is 1.19 bits per heavy atom. The summed E-state index contributed by atoms with van der Waals surface area (Å²) in [6.45, 7) is 2.54. The number of hydrogen-bond acceptors (Lipinski definition) is 3. The number of aliphatic hydroxyl groups is 1. The van der Waals surface area contributed by atoms with Crippen LogP contribution in [-0.4, -0.2) is 30.0 Å². The quantitative estimate of drug-likeness (QED) is 0.685. The highest BCUT2D eigenvalue weighted by atomic mass is 35.5. The Morgan fingerprint density at radius 2 is 1.81 bits per heavy atom. The van der Waals surface area contributed by atoms with Gasteiger partial charge in [0.1, 0.15) is 0 Å². The molecule has 0 aliphatic rings. The first-order valence-electron chi connectivity index (χ1n) is 7.00. The summed E-state index contributed by atoms with van der Waals surface area (Å²) in [5.74, 6) is -0.244. The van der Waals surface area contributed by atoms with Gasteiger partial charge in [-0.15, -0.1) is 0 Å². The molecule has 0 aliphatic heterocycles. The fraction of sp³-hybridized carbons (Fsp3) is 0.467. The van der Waals surface area contributed by atoms with E-state index < -0.39 is 6.10 Å². The standard InChI is InChI=1S/C15H21ClN2O3/c1-2-17-14(20)8-5-9-15(21)18-10-13(19)11-6-3-4-7-12(11)16/h3-4,6-7,13,19H,2,5,8-10H2,1H3,(H,17,20)(H,18,21). The maximum Gasteiger partial charge on any atom is 0.220 e. The lowest BCUT2D eigenvalue weighted by atomic mass is 10.1. The minimum Gasteiger partial charge on any atom is -0.387 e. The van der Waals surface area contributed by atoms with Crippen LogP contribution in [0.25, 0.3) is 0 Å². The number of carbonyl (C=O) groups is 2. The van der Waals surface area contributed by atoms with Crippen LogP contribution in [0.4, 0.5) is 0 Å². The molecule has 3 N–H and O–H groups in total. The summed E-state index contributed by atoms with van der Waals surface area (Å²) in [6.07, 6.45) is 0.228. The van der Waals surface area contributed by atoms with Crippen molar-refractivity contribution in [1.29, 1.82) is 0 Å². The van der Waals surface area contributed by atoms with Crippen LogP contribution in [0.5, 0.6) is 0 Å². The molecule has 1 atom stereocenters. The number of rotatable bonds is 8. The summed E-state index contributed by atoms with van der Waals surface area (Å²) in [5, 5.41) is 15.7. The van der Waals surface area contributed by atoms with Gasteiger partial charge in [0.05, 0.1) is 6.10 Å². The molecule has 5 nitrogen and oxygen atoms in total. The van der Waals surface area contributed by atoms with Crippen molar-refractivity contribution in [3.63, 3.8) is 0 Å². The van der Waals surface area contributed by atoms with Crippen LogP contribution in [0.15, 0.2) is 24.3 Å². The number of nitrogens with one attached hydrogen (secondary N) is 2. The van der Waals surface area contributed by atoms with Gasteiger partial charge in [-0.1, -0.05) is 29.8 Å². The maximum absolute atomic E-state index is 11.6. The van der Waals surface area contributed by atoms with Gasteiger partial charge >= 0.3 is 0 Å². The zero-order chi connectivity index (χ0) is 15.7. The molecule has 0 saturated carbocycles. The van der Waals surface area contributed by atoms with Crippen LogP contribution in [0, 0.1) is 0 Å². The molecule has 0 aliphatic carbocycles. The SMILES string of the molecule is CCNC(=O)CCCC(=O)NCC(O)c1ccccc1Cl. The van der Waals surface area contributed by atoms with Crippen molar-refractivity contribution >= 4 is 23.4 Å². The van der Waals surface area contributed by atoms with Crippen molar-refractivity contribution < 1.29 is 14.7 Å². The monoisotopic (exact) mass is 312 g/mol. The average Bonchev–Trinajstić information content (AvgIpc) is 2.45. The zero-order valence-electron chi connectivity index (χ0n) is 12.1. The molecule has 0 spiro atoms. The number of halogens is 1. The molecule has 1 aromatic carbocycles. The van der Waals surface area contributed by atoms with E-state index in [1.807, 2.05) is 6.92 Å². The third kappa shape index (κ3) is 6.60. The summed E-state index contributed by atoms with van der Waals surface area (Å²) in [4.78, 5) is 22.8. The molecule has 0 radical (unpaired) electrons. The molecule has 21 heavy (non-hydrogen) atoms. The molecule has 0 aromatic heterocycles. The van der Waals surface area contributed by atoms with E-state index in [1.165, 1.54) is 0 Å². The van der Waals surface area contributed by atoms with Gasteiger partial charge in [-0.3, -0.25) is 9.59 Å². The number of amides is 2. The minimum atomic E-state index is -0.842. The van der Waals surface area contributed by atoms with Crippen molar-refractivity contribution in [3.8, 4) is 0 Å². The largest absolute Gasteiger partial charge is 0.387 e. The van der Waals surface area contributed by atoms with E-state index in [0.717, 1.165) is 0 Å². The van der Waals surface area contributed by atoms with Crippen molar-refractivity contribution in [2.45, 2.75) is 32.3 Å². The Bertz CT molecular complexity index is 480. The van der Waals surface area contributed by atoms with Crippen LogP contribution in [0.1, 0.15) is 37.9 Å². The Kier molecular flexibility index (Phi) is 7.79. The molecule has 1 unspecified atom stereocenters. The fourth-order valence-electron chi connectivity index (χ4n) is 1.85. The highest BCUT2D eigenvalue weighted by Crippen LogP contribution is 2.21. The molecule has 6 heteroatoms. The van der Waals surface area contributed by atoms with E-state index in [4.69, 9.17) is 11.6 Å². The van der Waals surface area contributed by atoms with Crippen LogP contribution in [-0.2, 0) is 9.59 Å². The lowest BCUT2D eigenvalue weighted by Crippen LogP contribution is -2.29. The lowest BCUT2D eigenvalue weighted by Gasteiger charge is -2.13. The molecular weight excluding hydrogens is 292 g/mol. The molecule has 1 rings (SSSR count). The predicted molar refractivity (Wildman–Crippen MR) is 82.0 cm³/mol. The molecule has 0 bridgehead atoms. The number of hydrogen-bond donors (Lipinski definition) is 3. The van der Waals surface area contributed by atoms with Crippen LogP contribution in [0.3, 0.4) is 0 Å².